The molecule has 0 spiro atoms. The van der Waals surface area contributed by atoms with Crippen molar-refractivity contribution in [2.75, 3.05) is 43.1 Å². The highest BCUT2D eigenvalue weighted by Gasteiger charge is 2.22. The minimum Gasteiger partial charge on any atom is -0.302 e. The molecule has 0 bridgehead atoms. The lowest BCUT2D eigenvalue weighted by molar-refractivity contribution is -0.118. The SMILES string of the molecule is CCN(CC)CCN(C(=O)CCCS(=O)(=O)c1ccc(F)cc1)c1nc2ccc(S(C)(=O)=O)cc2s1.Cl. The number of hydrogen-bond acceptors (Lipinski definition) is 8. The maximum Gasteiger partial charge on any atom is 0.228 e. The van der Waals surface area contributed by atoms with Crippen LogP contribution in [0.1, 0.15) is 26.7 Å². The Labute approximate surface area is 227 Å². The number of nitrogens with zero attached hydrogens (tertiary/aromatic N) is 3. The second-order valence-corrected chi connectivity index (χ2v) is 13.5. The normalized spacial score (nSPS) is 12.0. The van der Waals surface area contributed by atoms with Gasteiger partial charge < -0.3 is 4.90 Å². The van der Waals surface area contributed by atoms with Crippen LogP contribution in [0.4, 0.5) is 9.52 Å². The van der Waals surface area contributed by atoms with Crippen LogP contribution in [0.25, 0.3) is 10.2 Å². The molecule has 0 unspecified atom stereocenters. The van der Waals surface area contributed by atoms with Crippen molar-refractivity contribution in [1.82, 2.24) is 9.88 Å². The molecule has 0 fully saturated rings. The molecule has 0 saturated heterocycles. The molecule has 0 aliphatic carbocycles. The van der Waals surface area contributed by atoms with E-state index < -0.39 is 25.5 Å². The van der Waals surface area contributed by atoms with Gasteiger partial charge in [-0.1, -0.05) is 25.2 Å². The highest BCUT2D eigenvalue weighted by Crippen LogP contribution is 2.31. The number of halogens is 2. The molecule has 2 aromatic carbocycles. The lowest BCUT2D eigenvalue weighted by Gasteiger charge is -2.24. The molecule has 0 aliphatic rings. The van der Waals surface area contributed by atoms with E-state index in [4.69, 9.17) is 0 Å². The molecule has 0 saturated carbocycles. The van der Waals surface area contributed by atoms with Crippen LogP contribution < -0.4 is 4.90 Å². The first-order valence-electron chi connectivity index (χ1n) is 11.6. The summed E-state index contributed by atoms with van der Waals surface area (Å²) >= 11 is 1.23. The number of aromatic nitrogens is 1. The number of amides is 1. The fourth-order valence-corrected chi connectivity index (χ4v) is 6.74. The van der Waals surface area contributed by atoms with Crippen molar-refractivity contribution in [2.45, 2.75) is 36.5 Å². The molecular formula is C24H31ClFN3O5S3. The molecule has 8 nitrogen and oxygen atoms in total. The summed E-state index contributed by atoms with van der Waals surface area (Å²) in [6.07, 6.45) is 1.22. The molecule has 3 aromatic rings. The summed E-state index contributed by atoms with van der Waals surface area (Å²) < 4.78 is 62.8. The van der Waals surface area contributed by atoms with E-state index in [1.807, 2.05) is 13.8 Å². The Morgan fingerprint density at radius 2 is 1.59 bits per heavy atom. The van der Waals surface area contributed by atoms with E-state index in [0.717, 1.165) is 31.5 Å². The number of anilines is 1. The Morgan fingerprint density at radius 3 is 2.19 bits per heavy atom. The summed E-state index contributed by atoms with van der Waals surface area (Å²) in [6.45, 7) is 6.65. The molecule has 13 heteroatoms. The maximum atomic E-state index is 13.2. The van der Waals surface area contributed by atoms with Crippen LogP contribution in [-0.4, -0.2) is 70.8 Å². The Balaban J connectivity index is 0.00000481. The van der Waals surface area contributed by atoms with Gasteiger partial charge in [0, 0.05) is 25.8 Å². The van der Waals surface area contributed by atoms with Gasteiger partial charge in [0.25, 0.3) is 0 Å². The van der Waals surface area contributed by atoms with Gasteiger partial charge in [-0.15, -0.1) is 12.4 Å². The molecule has 0 aliphatic heterocycles. The molecule has 0 atom stereocenters. The number of rotatable bonds is 12. The predicted octanol–water partition coefficient (Wildman–Crippen LogP) is 4.19. The number of hydrogen-bond donors (Lipinski definition) is 0. The fraction of sp³-hybridized carbons (Fsp3) is 0.417. The lowest BCUT2D eigenvalue weighted by Crippen LogP contribution is -2.38. The Kier molecular flexibility index (Phi) is 11.0. The third-order valence-electron chi connectivity index (χ3n) is 5.82. The van der Waals surface area contributed by atoms with Crippen molar-refractivity contribution in [3.63, 3.8) is 0 Å². The van der Waals surface area contributed by atoms with Gasteiger partial charge in [-0.2, -0.15) is 0 Å². The largest absolute Gasteiger partial charge is 0.302 e. The van der Waals surface area contributed by atoms with Crippen molar-refractivity contribution >= 4 is 64.7 Å². The van der Waals surface area contributed by atoms with Crippen molar-refractivity contribution < 1.29 is 26.0 Å². The van der Waals surface area contributed by atoms with Crippen LogP contribution in [0, 0.1) is 5.82 Å². The molecule has 204 valence electrons. The zero-order valence-electron chi connectivity index (χ0n) is 20.9. The van der Waals surface area contributed by atoms with Gasteiger partial charge in [0.05, 0.1) is 25.8 Å². The number of carbonyl (C=O) groups excluding carboxylic acids is 1. The average Bonchev–Trinajstić information content (AvgIpc) is 3.24. The summed E-state index contributed by atoms with van der Waals surface area (Å²) in [5.41, 5.74) is 0.585. The standard InChI is InChI=1S/C24H30FN3O5S3.ClH/c1-4-27(5-2)14-15-28(24-26-21-13-12-20(35(3,30)31)17-22(21)34-24)23(29)7-6-16-36(32,33)19-10-8-18(25)9-11-19;/h8-13,17H,4-7,14-16H2,1-3H3;1H. The van der Waals surface area contributed by atoms with E-state index in [1.54, 1.807) is 17.0 Å². The first-order chi connectivity index (χ1) is 16.9. The monoisotopic (exact) mass is 591 g/mol. The third-order valence-corrected chi connectivity index (χ3v) is 9.79. The van der Waals surface area contributed by atoms with Crippen LogP contribution in [-0.2, 0) is 24.5 Å². The fourth-order valence-electron chi connectivity index (χ4n) is 3.66. The number of benzene rings is 2. The van der Waals surface area contributed by atoms with Crippen LogP contribution in [0.3, 0.4) is 0 Å². The topological polar surface area (TPSA) is 105 Å². The Bertz CT molecular complexity index is 1420. The Morgan fingerprint density at radius 1 is 0.973 bits per heavy atom. The minimum atomic E-state index is -3.65. The van der Waals surface area contributed by atoms with Crippen LogP contribution >= 0.6 is 23.7 Å². The van der Waals surface area contributed by atoms with Crippen LogP contribution in [0.2, 0.25) is 0 Å². The highest BCUT2D eigenvalue weighted by atomic mass is 35.5. The zero-order chi connectivity index (χ0) is 26.5. The summed E-state index contributed by atoms with van der Waals surface area (Å²) in [5, 5.41) is 0.439. The summed E-state index contributed by atoms with van der Waals surface area (Å²) in [7, 11) is -7.04. The summed E-state index contributed by atoms with van der Waals surface area (Å²) in [5.74, 6) is -1.03. The lowest BCUT2D eigenvalue weighted by atomic mass is 10.3. The van der Waals surface area contributed by atoms with E-state index in [-0.39, 0.29) is 46.7 Å². The van der Waals surface area contributed by atoms with Gasteiger partial charge in [0.1, 0.15) is 5.82 Å². The van der Waals surface area contributed by atoms with E-state index in [0.29, 0.717) is 28.4 Å². The Hall–Kier alpha value is -2.12. The van der Waals surface area contributed by atoms with E-state index >= 15 is 0 Å². The number of thiazole rings is 1. The zero-order valence-corrected chi connectivity index (χ0v) is 24.2. The maximum absolute atomic E-state index is 13.2. The van der Waals surface area contributed by atoms with E-state index in [2.05, 4.69) is 9.88 Å². The van der Waals surface area contributed by atoms with Crippen LogP contribution in [0.15, 0.2) is 52.3 Å². The predicted molar refractivity (Wildman–Crippen MR) is 148 cm³/mol. The van der Waals surface area contributed by atoms with Gasteiger partial charge >= 0.3 is 0 Å². The van der Waals surface area contributed by atoms with Crippen molar-refractivity contribution in [2.24, 2.45) is 0 Å². The minimum absolute atomic E-state index is 0. The smallest absolute Gasteiger partial charge is 0.228 e. The van der Waals surface area contributed by atoms with Gasteiger partial charge in [0.2, 0.25) is 5.91 Å². The molecule has 1 aromatic heterocycles. The molecule has 37 heavy (non-hydrogen) atoms. The van der Waals surface area contributed by atoms with Gasteiger partial charge in [-0.3, -0.25) is 9.69 Å². The van der Waals surface area contributed by atoms with E-state index in [9.17, 15) is 26.0 Å². The number of sulfone groups is 2. The highest BCUT2D eigenvalue weighted by molar-refractivity contribution is 7.91. The van der Waals surface area contributed by atoms with Gasteiger partial charge in [-0.05, 0) is 62.0 Å². The molecule has 1 heterocycles. The first kappa shape index (κ1) is 31.1. The first-order valence-corrected chi connectivity index (χ1v) is 15.9. The quantitative estimate of drug-likeness (QED) is 0.291. The van der Waals surface area contributed by atoms with Crippen LogP contribution in [0.5, 0.6) is 0 Å². The third kappa shape index (κ3) is 8.18. The molecule has 0 radical (unpaired) electrons. The molecule has 0 N–H and O–H groups in total. The second-order valence-electron chi connectivity index (χ2n) is 8.35. The summed E-state index contributed by atoms with van der Waals surface area (Å²) in [6, 6.07) is 9.28. The van der Waals surface area contributed by atoms with Gasteiger partial charge in [0.15, 0.2) is 24.8 Å². The molecule has 1 amide bonds. The van der Waals surface area contributed by atoms with Crippen molar-refractivity contribution in [3.05, 3.63) is 48.3 Å². The number of fused-ring (bicyclic) bond motifs is 1. The number of likely N-dealkylation sites (N-methyl/N-ethyl adjacent to an activating group) is 1. The molecule has 3 rings (SSSR count). The second kappa shape index (κ2) is 13.1. The molecular weight excluding hydrogens is 561 g/mol. The summed E-state index contributed by atoms with van der Waals surface area (Å²) in [4.78, 5) is 21.7. The number of carbonyl (C=O) groups is 1. The van der Waals surface area contributed by atoms with Crippen molar-refractivity contribution in [1.29, 1.82) is 0 Å². The average molecular weight is 592 g/mol. The van der Waals surface area contributed by atoms with Crippen molar-refractivity contribution in [3.8, 4) is 0 Å². The van der Waals surface area contributed by atoms with Gasteiger partial charge in [-0.25, -0.2) is 26.2 Å². The van der Waals surface area contributed by atoms with E-state index in [1.165, 1.54) is 29.5 Å².